The smallest absolute Gasteiger partial charge is 0.326 e. The second-order valence-corrected chi connectivity index (χ2v) is 9.16. The zero-order chi connectivity index (χ0) is 26.0. The van der Waals surface area contributed by atoms with Crippen LogP contribution in [0.3, 0.4) is 0 Å². The van der Waals surface area contributed by atoms with Gasteiger partial charge in [-0.3, -0.25) is 19.2 Å². The molecule has 11 nitrogen and oxygen atoms in total. The summed E-state index contributed by atoms with van der Waals surface area (Å²) < 4.78 is 0. The van der Waals surface area contributed by atoms with Crippen LogP contribution in [-0.2, 0) is 30.4 Å². The Morgan fingerprint density at radius 2 is 1.63 bits per heavy atom. The van der Waals surface area contributed by atoms with Crippen molar-refractivity contribution >= 4 is 29.6 Å². The van der Waals surface area contributed by atoms with Gasteiger partial charge in [-0.15, -0.1) is 0 Å². The molecule has 1 aliphatic rings. The Hall–Kier alpha value is -3.47. The molecule has 0 unspecified atom stereocenters. The van der Waals surface area contributed by atoms with Gasteiger partial charge < -0.3 is 32.1 Å². The molecule has 0 radical (unpaired) electrons. The van der Waals surface area contributed by atoms with Crippen molar-refractivity contribution in [1.82, 2.24) is 21.3 Å². The fourth-order valence-corrected chi connectivity index (χ4v) is 3.89. The number of carbonyl (C=O) groups excluding carboxylic acids is 4. The number of hydrogen-bond donors (Lipinski definition) is 6. The molecule has 7 N–H and O–H groups in total. The summed E-state index contributed by atoms with van der Waals surface area (Å²) in [5.74, 6) is -3.83. The van der Waals surface area contributed by atoms with Crippen molar-refractivity contribution in [3.05, 3.63) is 35.9 Å². The minimum Gasteiger partial charge on any atom is -0.480 e. The lowest BCUT2D eigenvalue weighted by atomic mass is 10.0. The summed E-state index contributed by atoms with van der Waals surface area (Å²) in [4.78, 5) is 61.6. The lowest BCUT2D eigenvalue weighted by Crippen LogP contribution is -2.58. The van der Waals surface area contributed by atoms with Crippen LogP contribution in [0.15, 0.2) is 30.3 Å². The van der Waals surface area contributed by atoms with Crippen molar-refractivity contribution in [3.63, 3.8) is 0 Å². The molecule has 1 aromatic carbocycles. The van der Waals surface area contributed by atoms with E-state index in [-0.39, 0.29) is 24.3 Å². The summed E-state index contributed by atoms with van der Waals surface area (Å²) in [5.41, 5.74) is 5.83. The Kier molecular flexibility index (Phi) is 10.7. The van der Waals surface area contributed by atoms with Crippen molar-refractivity contribution < 1.29 is 29.1 Å². The number of primary amides is 1. The number of hydrogen-bond acceptors (Lipinski definition) is 6. The Morgan fingerprint density at radius 1 is 1.00 bits per heavy atom. The molecule has 11 heteroatoms. The van der Waals surface area contributed by atoms with Gasteiger partial charge in [0, 0.05) is 6.42 Å². The summed E-state index contributed by atoms with van der Waals surface area (Å²) >= 11 is 0. The predicted molar refractivity (Wildman–Crippen MR) is 128 cm³/mol. The Labute approximate surface area is 204 Å². The van der Waals surface area contributed by atoms with Crippen molar-refractivity contribution in [3.8, 4) is 0 Å². The van der Waals surface area contributed by atoms with Gasteiger partial charge in [-0.2, -0.15) is 0 Å². The molecular formula is C24H35N5O6. The first kappa shape index (κ1) is 27.8. The normalized spacial score (nSPS) is 17.7. The Morgan fingerprint density at radius 3 is 2.17 bits per heavy atom. The van der Waals surface area contributed by atoms with Crippen LogP contribution in [0.2, 0.25) is 0 Å². The summed E-state index contributed by atoms with van der Waals surface area (Å²) in [6.07, 6.45) is 1.39. The topological polar surface area (TPSA) is 180 Å². The van der Waals surface area contributed by atoms with Crippen LogP contribution in [0.5, 0.6) is 0 Å². The molecule has 0 saturated carbocycles. The monoisotopic (exact) mass is 489 g/mol. The minimum absolute atomic E-state index is 0.0772. The minimum atomic E-state index is -1.53. The third-order valence-electron chi connectivity index (χ3n) is 5.65. The highest BCUT2D eigenvalue weighted by Crippen LogP contribution is 2.11. The van der Waals surface area contributed by atoms with E-state index in [1.54, 1.807) is 30.3 Å². The van der Waals surface area contributed by atoms with Crippen molar-refractivity contribution in [2.75, 3.05) is 6.54 Å². The molecule has 35 heavy (non-hydrogen) atoms. The molecule has 0 bridgehead atoms. The van der Waals surface area contributed by atoms with E-state index in [0.29, 0.717) is 12.8 Å². The van der Waals surface area contributed by atoms with E-state index >= 15 is 0 Å². The zero-order valence-electron chi connectivity index (χ0n) is 20.1. The molecule has 192 valence electrons. The van der Waals surface area contributed by atoms with E-state index in [2.05, 4.69) is 21.3 Å². The first-order valence-corrected chi connectivity index (χ1v) is 11.8. The summed E-state index contributed by atoms with van der Waals surface area (Å²) in [6, 6.07) is 4.96. The highest BCUT2D eigenvalue weighted by Gasteiger charge is 2.32. The standard InChI is InChI=1S/C24H35N5O6/c1-14(2)11-17(27-21(31)16-9-6-10-26-16)22(32)28-18(12-15-7-4-3-5-8-15)23(33)29-19(24(34)35)13-20(25)30/h3-5,7-8,14,16-19,26H,6,9-13H2,1-2H3,(H2,25,30)(H,27,31)(H,28,32)(H,29,33)(H,34,35)/t16-,17-,18-,19-/m0/s1. The van der Waals surface area contributed by atoms with Gasteiger partial charge >= 0.3 is 5.97 Å². The van der Waals surface area contributed by atoms with Crippen molar-refractivity contribution in [1.29, 1.82) is 0 Å². The molecule has 0 aromatic heterocycles. The third-order valence-corrected chi connectivity index (χ3v) is 5.65. The number of carbonyl (C=O) groups is 5. The van der Waals surface area contributed by atoms with Gasteiger partial charge in [-0.25, -0.2) is 4.79 Å². The van der Waals surface area contributed by atoms with Gasteiger partial charge in [-0.1, -0.05) is 44.2 Å². The summed E-state index contributed by atoms with van der Waals surface area (Å²) in [5, 5.41) is 20.2. The SMILES string of the molecule is CC(C)C[C@H](NC(=O)[C@@H]1CCCN1)C(=O)N[C@@H](Cc1ccccc1)C(=O)N[C@@H](CC(N)=O)C(=O)O. The quantitative estimate of drug-likeness (QED) is 0.215. The second kappa shape index (κ2) is 13.4. The molecule has 1 fully saturated rings. The average molecular weight is 490 g/mol. The largest absolute Gasteiger partial charge is 0.480 e. The molecule has 1 aliphatic heterocycles. The molecule has 1 heterocycles. The van der Waals surface area contributed by atoms with Gasteiger partial charge in [0.1, 0.15) is 18.1 Å². The van der Waals surface area contributed by atoms with Crippen LogP contribution in [0, 0.1) is 5.92 Å². The lowest BCUT2D eigenvalue weighted by Gasteiger charge is -2.26. The predicted octanol–water partition coefficient (Wildman–Crippen LogP) is -0.558. The average Bonchev–Trinajstić information content (AvgIpc) is 3.33. The maximum absolute atomic E-state index is 13.2. The van der Waals surface area contributed by atoms with Gasteiger partial charge in [-0.05, 0) is 37.3 Å². The number of carboxylic acids is 1. The Bertz CT molecular complexity index is 901. The first-order chi connectivity index (χ1) is 16.6. The molecule has 1 saturated heterocycles. The summed E-state index contributed by atoms with van der Waals surface area (Å²) in [6.45, 7) is 4.56. The number of nitrogens with one attached hydrogen (secondary N) is 4. The maximum atomic E-state index is 13.2. The lowest BCUT2D eigenvalue weighted by molar-refractivity contribution is -0.143. The van der Waals surface area contributed by atoms with E-state index in [0.717, 1.165) is 18.5 Å². The molecular weight excluding hydrogens is 454 g/mol. The van der Waals surface area contributed by atoms with E-state index in [1.807, 2.05) is 13.8 Å². The highest BCUT2D eigenvalue weighted by molar-refractivity contribution is 5.95. The highest BCUT2D eigenvalue weighted by atomic mass is 16.4. The number of nitrogens with two attached hydrogens (primary N) is 1. The van der Waals surface area contributed by atoms with Crippen LogP contribution in [0.4, 0.5) is 0 Å². The molecule has 4 amide bonds. The van der Waals surface area contributed by atoms with Gasteiger partial charge in [0.2, 0.25) is 23.6 Å². The van der Waals surface area contributed by atoms with Crippen LogP contribution in [0.1, 0.15) is 45.1 Å². The molecule has 2 rings (SSSR count). The first-order valence-electron chi connectivity index (χ1n) is 11.8. The molecule has 0 spiro atoms. The molecule has 0 aliphatic carbocycles. The van der Waals surface area contributed by atoms with Gasteiger partial charge in [0.15, 0.2) is 0 Å². The molecule has 1 aromatic rings. The van der Waals surface area contributed by atoms with E-state index in [1.165, 1.54) is 0 Å². The zero-order valence-corrected chi connectivity index (χ0v) is 20.1. The summed E-state index contributed by atoms with van der Waals surface area (Å²) in [7, 11) is 0. The number of carboxylic acid groups (broad SMARTS) is 1. The third kappa shape index (κ3) is 9.36. The Balaban J connectivity index is 2.20. The van der Waals surface area contributed by atoms with Gasteiger partial charge in [0.25, 0.3) is 0 Å². The fourth-order valence-electron chi connectivity index (χ4n) is 3.89. The van der Waals surface area contributed by atoms with E-state index in [9.17, 15) is 29.1 Å². The molecule has 4 atom stereocenters. The number of aliphatic carboxylic acids is 1. The van der Waals surface area contributed by atoms with Gasteiger partial charge in [0.05, 0.1) is 12.5 Å². The fraction of sp³-hybridized carbons (Fsp3) is 0.542. The number of benzene rings is 1. The number of rotatable bonds is 13. The maximum Gasteiger partial charge on any atom is 0.326 e. The van der Waals surface area contributed by atoms with Crippen LogP contribution in [-0.4, -0.2) is 65.4 Å². The van der Waals surface area contributed by atoms with Crippen molar-refractivity contribution in [2.24, 2.45) is 11.7 Å². The van der Waals surface area contributed by atoms with Crippen LogP contribution >= 0.6 is 0 Å². The van der Waals surface area contributed by atoms with Crippen LogP contribution < -0.4 is 27.0 Å². The second-order valence-electron chi connectivity index (χ2n) is 9.16. The van der Waals surface area contributed by atoms with Crippen LogP contribution in [0.25, 0.3) is 0 Å². The van der Waals surface area contributed by atoms with E-state index < -0.39 is 48.2 Å². The van der Waals surface area contributed by atoms with Crippen molar-refractivity contribution in [2.45, 2.75) is 70.1 Å². The number of amides is 4. The van der Waals surface area contributed by atoms with E-state index in [4.69, 9.17) is 5.73 Å².